The molecule has 0 saturated carbocycles. The van der Waals surface area contributed by atoms with Crippen molar-refractivity contribution >= 4 is 29.2 Å². The number of nitrogens with one attached hydrogen (secondary N) is 1. The lowest BCUT2D eigenvalue weighted by atomic mass is 10.1. The zero-order chi connectivity index (χ0) is 23.6. The van der Waals surface area contributed by atoms with Gasteiger partial charge in [-0.2, -0.15) is 13.2 Å². The Morgan fingerprint density at radius 2 is 1.60 bits per heavy atom. The molecule has 0 spiro atoms. The van der Waals surface area contributed by atoms with Crippen molar-refractivity contribution in [3.05, 3.63) is 66.5 Å². The van der Waals surface area contributed by atoms with E-state index in [1.54, 1.807) is 4.98 Å². The number of carbonyl (C=O) groups is 1. The lowest BCUT2D eigenvalue weighted by Gasteiger charge is -2.09. The topological polar surface area (TPSA) is 59.2 Å². The van der Waals surface area contributed by atoms with Crippen molar-refractivity contribution in [1.82, 2.24) is 4.98 Å². The third-order valence-electron chi connectivity index (χ3n) is 3.53. The molecule has 4 nitrogen and oxygen atoms in total. The molecule has 2 rings (SSSR count). The van der Waals surface area contributed by atoms with Crippen molar-refractivity contribution in [2.75, 3.05) is 6.61 Å². The van der Waals surface area contributed by atoms with Crippen molar-refractivity contribution < 1.29 is 22.7 Å². The number of alkyl halides is 3. The van der Waals surface area contributed by atoms with Crippen molar-refractivity contribution in [2.45, 2.75) is 54.1 Å². The highest BCUT2D eigenvalue weighted by molar-refractivity contribution is 6.36. The molecule has 1 N–H and O–H groups in total. The Morgan fingerprint density at radius 3 is 2.00 bits per heavy atom. The van der Waals surface area contributed by atoms with Crippen LogP contribution in [-0.2, 0) is 10.9 Å². The number of carbonyl (C=O) groups excluding carboxylic acids is 1. The summed E-state index contributed by atoms with van der Waals surface area (Å²) in [7, 11) is 0. The maximum atomic E-state index is 12.3. The summed E-state index contributed by atoms with van der Waals surface area (Å²) in [5.41, 5.74) is -0.727. The van der Waals surface area contributed by atoms with Crippen LogP contribution in [0.5, 0.6) is 0 Å². The molecular weight excluding hydrogens is 442 g/mol. The number of benzene rings is 1. The van der Waals surface area contributed by atoms with Crippen molar-refractivity contribution in [3.63, 3.8) is 0 Å². The maximum absolute atomic E-state index is 12.3. The normalized spacial score (nSPS) is 10.4. The Bertz CT molecular complexity index is 883. The van der Waals surface area contributed by atoms with Gasteiger partial charge >= 0.3 is 12.1 Å². The van der Waals surface area contributed by atoms with Gasteiger partial charge in [0, 0.05) is 10.0 Å². The summed E-state index contributed by atoms with van der Waals surface area (Å²) in [5, 5.41) is 1.50. The smallest absolute Gasteiger partial charge is 0.431 e. The number of rotatable bonds is 2. The van der Waals surface area contributed by atoms with E-state index in [4.69, 9.17) is 23.2 Å². The zero-order valence-corrected chi connectivity index (χ0v) is 19.3. The Balaban J connectivity index is 0.000000546. The molecule has 1 aromatic carbocycles. The van der Waals surface area contributed by atoms with E-state index in [-0.39, 0.29) is 12.2 Å². The summed E-state index contributed by atoms with van der Waals surface area (Å²) in [6.07, 6.45) is -3.41. The van der Waals surface area contributed by atoms with Crippen LogP contribution in [0.15, 0.2) is 23.0 Å². The lowest BCUT2D eigenvalue weighted by Crippen LogP contribution is -2.25. The average Bonchev–Trinajstić information content (AvgIpc) is 2.63. The number of aromatic amines is 1. The number of hydrogen-bond donors (Lipinski definition) is 1. The summed E-state index contributed by atoms with van der Waals surface area (Å²) in [5.74, 6) is -0.931. The molecule has 0 aliphatic rings. The van der Waals surface area contributed by atoms with Gasteiger partial charge < -0.3 is 9.72 Å². The molecule has 0 saturated heterocycles. The first-order valence-electron chi connectivity index (χ1n) is 9.21. The predicted octanol–water partition coefficient (Wildman–Crippen LogP) is 6.91. The molecule has 0 fully saturated rings. The molecular formula is C21H26Cl2F3NO3. The molecule has 0 bridgehead atoms. The molecule has 1 aromatic heterocycles. The Morgan fingerprint density at radius 1 is 1.07 bits per heavy atom. The fourth-order valence-corrected chi connectivity index (χ4v) is 2.47. The number of esters is 1. The van der Waals surface area contributed by atoms with Crippen molar-refractivity contribution in [3.8, 4) is 0 Å². The number of hydrogen-bond acceptors (Lipinski definition) is 3. The van der Waals surface area contributed by atoms with Gasteiger partial charge in [-0.05, 0) is 56.5 Å². The van der Waals surface area contributed by atoms with Gasteiger partial charge in [-0.3, -0.25) is 4.79 Å². The van der Waals surface area contributed by atoms with Crippen LogP contribution in [0.3, 0.4) is 0 Å². The molecule has 168 valence electrons. The quantitative estimate of drug-likeness (QED) is 0.488. The first-order chi connectivity index (χ1) is 13.8. The van der Waals surface area contributed by atoms with E-state index in [1.807, 2.05) is 26.0 Å². The van der Waals surface area contributed by atoms with Crippen molar-refractivity contribution in [1.29, 1.82) is 0 Å². The van der Waals surface area contributed by atoms with Gasteiger partial charge in [-0.15, -0.1) is 0 Å². The van der Waals surface area contributed by atoms with E-state index < -0.39 is 29.0 Å². The van der Waals surface area contributed by atoms with Crippen LogP contribution in [-0.4, -0.2) is 17.6 Å². The highest BCUT2D eigenvalue weighted by Gasteiger charge is 2.33. The summed E-state index contributed by atoms with van der Waals surface area (Å²) in [4.78, 5) is 24.3. The van der Waals surface area contributed by atoms with E-state index in [9.17, 15) is 22.8 Å². The summed E-state index contributed by atoms with van der Waals surface area (Å²) < 4.78 is 41.6. The zero-order valence-electron chi connectivity index (χ0n) is 17.8. The fourth-order valence-electron chi connectivity index (χ4n) is 2.10. The predicted molar refractivity (Wildman–Crippen MR) is 115 cm³/mol. The molecule has 0 aliphatic heterocycles. The molecule has 0 radical (unpaired) electrons. The summed E-state index contributed by atoms with van der Waals surface area (Å²) in [6, 6.07) is 4.48. The van der Waals surface area contributed by atoms with Crippen LogP contribution in [0.25, 0.3) is 0 Å². The number of H-pyrrole nitrogens is 1. The van der Waals surface area contributed by atoms with Gasteiger partial charge in [-0.25, -0.2) is 4.79 Å². The molecule has 0 unspecified atom stereocenters. The van der Waals surface area contributed by atoms with E-state index >= 15 is 0 Å². The molecule has 0 aliphatic carbocycles. The van der Waals surface area contributed by atoms with Gasteiger partial charge in [0.2, 0.25) is 0 Å². The first-order valence-corrected chi connectivity index (χ1v) is 9.96. The van der Waals surface area contributed by atoms with Crippen LogP contribution in [0.1, 0.15) is 59.9 Å². The molecule has 0 atom stereocenters. The van der Waals surface area contributed by atoms with Crippen molar-refractivity contribution in [2.24, 2.45) is 0 Å². The second-order valence-corrected chi connectivity index (χ2v) is 7.08. The highest BCUT2D eigenvalue weighted by Crippen LogP contribution is 2.28. The minimum atomic E-state index is -4.66. The number of halogens is 5. The molecule has 1 heterocycles. The van der Waals surface area contributed by atoms with E-state index in [2.05, 4.69) is 18.6 Å². The Labute approximate surface area is 184 Å². The minimum Gasteiger partial charge on any atom is -0.462 e. The number of ether oxygens (including phenoxy) is 1. The van der Waals surface area contributed by atoms with Gasteiger partial charge in [0.25, 0.3) is 5.56 Å². The highest BCUT2D eigenvalue weighted by atomic mass is 35.5. The van der Waals surface area contributed by atoms with Gasteiger partial charge in [0.05, 0.1) is 6.61 Å². The maximum Gasteiger partial charge on any atom is 0.431 e. The average molecular weight is 468 g/mol. The Hall–Kier alpha value is -1.99. The van der Waals surface area contributed by atoms with Crippen LogP contribution in [0.4, 0.5) is 13.2 Å². The van der Waals surface area contributed by atoms with Crippen LogP contribution < -0.4 is 5.56 Å². The number of aromatic nitrogens is 1. The van der Waals surface area contributed by atoms with Gasteiger partial charge in [-0.1, -0.05) is 49.5 Å². The van der Waals surface area contributed by atoms with E-state index in [0.717, 1.165) is 21.2 Å². The number of pyridine rings is 1. The second kappa shape index (κ2) is 12.6. The molecule has 30 heavy (non-hydrogen) atoms. The van der Waals surface area contributed by atoms with E-state index in [0.29, 0.717) is 6.07 Å². The standard InChI is InChI=1S/C10H10F3NO3.C8H8Cl2.C3H8/c1-3-17-9(16)7-5(2)4-6(10(11,12)13)14-8(7)15;1-5-3-4-7(9)6(2)8(5)10;1-3-2/h4H,3H2,1-2H3,(H,14,15);3-4H,1-2H3;3H2,1-2H3. The SMILES string of the molecule is CCC.CCOC(=O)c1c(C)cc(C(F)(F)F)[nH]c1=O.Cc1ccc(Cl)c(C)c1Cl. The number of aryl methyl sites for hydroxylation is 2. The monoisotopic (exact) mass is 467 g/mol. The molecule has 0 amide bonds. The second-order valence-electron chi connectivity index (χ2n) is 6.30. The summed E-state index contributed by atoms with van der Waals surface area (Å²) >= 11 is 11.7. The third kappa shape index (κ3) is 8.40. The fraction of sp³-hybridized carbons (Fsp3) is 0.429. The molecule has 9 heteroatoms. The largest absolute Gasteiger partial charge is 0.462 e. The summed E-state index contributed by atoms with van der Waals surface area (Å²) in [6.45, 7) is 10.9. The Kier molecular flexibility index (Phi) is 11.8. The lowest BCUT2D eigenvalue weighted by molar-refractivity contribution is -0.141. The minimum absolute atomic E-state index is 0.0404. The first kappa shape index (κ1) is 28.0. The van der Waals surface area contributed by atoms with Gasteiger partial charge in [0.15, 0.2) is 0 Å². The van der Waals surface area contributed by atoms with Crippen LogP contribution in [0, 0.1) is 20.8 Å². The third-order valence-corrected chi connectivity index (χ3v) is 4.52. The van der Waals surface area contributed by atoms with Gasteiger partial charge in [0.1, 0.15) is 11.3 Å². The van der Waals surface area contributed by atoms with E-state index in [1.165, 1.54) is 20.3 Å². The van der Waals surface area contributed by atoms with Crippen LogP contribution in [0.2, 0.25) is 10.0 Å². The van der Waals surface area contributed by atoms with Crippen LogP contribution >= 0.6 is 23.2 Å². The molecule has 2 aromatic rings.